The Balaban J connectivity index is 1.71. The van der Waals surface area contributed by atoms with Gasteiger partial charge in [-0.15, -0.1) is 22.7 Å². The smallest absolute Gasteiger partial charge is 0.250 e. The third-order valence-electron chi connectivity index (χ3n) is 3.09. The van der Waals surface area contributed by atoms with Crippen molar-refractivity contribution in [2.45, 2.75) is 30.0 Å². The van der Waals surface area contributed by atoms with Crippen LogP contribution in [-0.4, -0.2) is 8.42 Å². The molecule has 0 fully saturated rings. The summed E-state index contributed by atoms with van der Waals surface area (Å²) in [5.41, 5.74) is 7.43. The summed E-state index contributed by atoms with van der Waals surface area (Å²) in [5.74, 6) is 0. The summed E-state index contributed by atoms with van der Waals surface area (Å²) in [4.78, 5) is 2.49. The number of hydrogen-bond acceptors (Lipinski definition) is 5. The fraction of sp³-hybridized carbons (Fsp3) is 0.333. The summed E-state index contributed by atoms with van der Waals surface area (Å²) in [6, 6.07) is 3.61. The molecule has 102 valence electrons. The second kappa shape index (κ2) is 4.90. The standard InChI is InChI=1S/C12H14N2O2S3/c13-9-5-12(17-7-9)19(15,16)14-6-10-4-8-2-1-3-11(8)18-10/h4-5,7,14H,1-3,6,13H2. The molecule has 3 N–H and O–H groups in total. The lowest BCUT2D eigenvalue weighted by atomic mass is 10.2. The highest BCUT2D eigenvalue weighted by Gasteiger charge is 2.18. The fourth-order valence-corrected chi connectivity index (χ4v) is 5.61. The third kappa shape index (κ3) is 2.69. The minimum Gasteiger partial charge on any atom is -0.398 e. The van der Waals surface area contributed by atoms with Gasteiger partial charge in [0, 0.05) is 27.4 Å². The number of nitrogens with two attached hydrogens (primary N) is 1. The first-order valence-electron chi connectivity index (χ1n) is 5.99. The van der Waals surface area contributed by atoms with Gasteiger partial charge in [-0.25, -0.2) is 13.1 Å². The average molecular weight is 314 g/mol. The van der Waals surface area contributed by atoms with Crippen LogP contribution >= 0.6 is 22.7 Å². The molecule has 1 aliphatic rings. The number of thiophene rings is 2. The minimum absolute atomic E-state index is 0.272. The van der Waals surface area contributed by atoms with Crippen LogP contribution in [-0.2, 0) is 29.4 Å². The van der Waals surface area contributed by atoms with Crippen LogP contribution in [0.15, 0.2) is 21.7 Å². The summed E-state index contributed by atoms with van der Waals surface area (Å²) < 4.78 is 27.0. The molecule has 0 unspecified atom stereocenters. The molecule has 0 spiro atoms. The first-order valence-corrected chi connectivity index (χ1v) is 9.17. The molecule has 2 aromatic heterocycles. The van der Waals surface area contributed by atoms with Crippen molar-refractivity contribution in [3.8, 4) is 0 Å². The van der Waals surface area contributed by atoms with E-state index in [1.807, 2.05) is 0 Å². The molecule has 3 rings (SSSR count). The second-order valence-corrected chi connectivity index (χ2v) is 8.66. The average Bonchev–Trinajstić information content (AvgIpc) is 3.00. The van der Waals surface area contributed by atoms with Gasteiger partial charge in [0.1, 0.15) is 4.21 Å². The number of hydrogen-bond donors (Lipinski definition) is 2. The molecule has 0 aliphatic heterocycles. The molecular formula is C12H14N2O2S3. The van der Waals surface area contributed by atoms with Gasteiger partial charge in [0.2, 0.25) is 10.0 Å². The van der Waals surface area contributed by atoms with E-state index in [9.17, 15) is 8.42 Å². The number of aryl methyl sites for hydroxylation is 2. The monoisotopic (exact) mass is 314 g/mol. The maximum absolute atomic E-state index is 12.0. The van der Waals surface area contributed by atoms with E-state index in [0.29, 0.717) is 12.2 Å². The van der Waals surface area contributed by atoms with Crippen LogP contribution in [0.25, 0.3) is 0 Å². The first kappa shape index (κ1) is 13.1. The molecule has 0 aromatic carbocycles. The zero-order valence-electron chi connectivity index (χ0n) is 10.2. The zero-order valence-corrected chi connectivity index (χ0v) is 12.6. The highest BCUT2D eigenvalue weighted by atomic mass is 32.2. The van der Waals surface area contributed by atoms with Crippen molar-refractivity contribution in [2.75, 3.05) is 5.73 Å². The number of nitrogens with one attached hydrogen (secondary N) is 1. The van der Waals surface area contributed by atoms with Crippen LogP contribution in [0.3, 0.4) is 0 Å². The largest absolute Gasteiger partial charge is 0.398 e. The molecule has 1 aliphatic carbocycles. The van der Waals surface area contributed by atoms with Gasteiger partial charge in [-0.3, -0.25) is 0 Å². The lowest BCUT2D eigenvalue weighted by Crippen LogP contribution is -2.21. The lowest BCUT2D eigenvalue weighted by molar-refractivity contribution is 0.584. The van der Waals surface area contributed by atoms with Crippen LogP contribution in [0.2, 0.25) is 0 Å². The van der Waals surface area contributed by atoms with Gasteiger partial charge in [0.15, 0.2) is 0 Å². The normalized spacial score (nSPS) is 14.7. The quantitative estimate of drug-likeness (QED) is 0.910. The van der Waals surface area contributed by atoms with Crippen LogP contribution in [0.4, 0.5) is 5.69 Å². The Bertz CT molecular complexity index is 679. The Labute approximate surface area is 120 Å². The van der Waals surface area contributed by atoms with Crippen LogP contribution in [0.5, 0.6) is 0 Å². The summed E-state index contributed by atoms with van der Waals surface area (Å²) in [7, 11) is -3.43. The van der Waals surface area contributed by atoms with Gasteiger partial charge in [-0.2, -0.15) is 0 Å². The number of rotatable bonds is 4. The highest BCUT2D eigenvalue weighted by molar-refractivity contribution is 7.91. The molecule has 0 amide bonds. The van der Waals surface area contributed by atoms with Crippen molar-refractivity contribution < 1.29 is 8.42 Å². The van der Waals surface area contributed by atoms with Crippen LogP contribution in [0.1, 0.15) is 21.7 Å². The molecule has 0 saturated carbocycles. The van der Waals surface area contributed by atoms with E-state index in [0.717, 1.165) is 29.1 Å². The SMILES string of the molecule is Nc1csc(S(=O)(=O)NCc2cc3c(s2)CCC3)c1. The Hall–Kier alpha value is -0.890. The Morgan fingerprint density at radius 3 is 2.84 bits per heavy atom. The van der Waals surface area contributed by atoms with Gasteiger partial charge in [-0.1, -0.05) is 0 Å². The molecule has 19 heavy (non-hydrogen) atoms. The molecule has 2 heterocycles. The Kier molecular flexibility index (Phi) is 3.38. The van der Waals surface area contributed by atoms with Gasteiger partial charge >= 0.3 is 0 Å². The van der Waals surface area contributed by atoms with E-state index < -0.39 is 10.0 Å². The van der Waals surface area contributed by atoms with E-state index in [4.69, 9.17) is 5.73 Å². The van der Waals surface area contributed by atoms with Crippen molar-refractivity contribution in [3.63, 3.8) is 0 Å². The van der Waals surface area contributed by atoms with Gasteiger partial charge in [-0.05, 0) is 37.0 Å². The van der Waals surface area contributed by atoms with E-state index in [-0.39, 0.29) is 4.21 Å². The Morgan fingerprint density at radius 2 is 2.16 bits per heavy atom. The van der Waals surface area contributed by atoms with E-state index in [1.54, 1.807) is 16.7 Å². The van der Waals surface area contributed by atoms with Crippen LogP contribution < -0.4 is 10.5 Å². The van der Waals surface area contributed by atoms with E-state index in [2.05, 4.69) is 10.8 Å². The molecule has 0 bridgehead atoms. The molecule has 7 heteroatoms. The van der Waals surface area contributed by atoms with Crippen molar-refractivity contribution in [1.29, 1.82) is 0 Å². The molecule has 0 radical (unpaired) electrons. The summed E-state index contributed by atoms with van der Waals surface area (Å²) in [6.45, 7) is 0.359. The number of fused-ring (bicyclic) bond motifs is 1. The van der Waals surface area contributed by atoms with E-state index >= 15 is 0 Å². The second-order valence-electron chi connectivity index (χ2n) is 4.54. The molecular weight excluding hydrogens is 300 g/mol. The maximum atomic E-state index is 12.0. The molecule has 0 atom stereocenters. The third-order valence-corrected chi connectivity index (χ3v) is 7.19. The highest BCUT2D eigenvalue weighted by Crippen LogP contribution is 2.30. The van der Waals surface area contributed by atoms with Crippen molar-refractivity contribution in [2.24, 2.45) is 0 Å². The molecule has 2 aromatic rings. The molecule has 4 nitrogen and oxygen atoms in total. The van der Waals surface area contributed by atoms with Crippen LogP contribution in [0, 0.1) is 0 Å². The number of nitrogen functional groups attached to an aromatic ring is 1. The lowest BCUT2D eigenvalue weighted by Gasteiger charge is -2.02. The van der Waals surface area contributed by atoms with Gasteiger partial charge in [0.05, 0.1) is 0 Å². The topological polar surface area (TPSA) is 72.2 Å². The fourth-order valence-electron chi connectivity index (χ4n) is 2.19. The predicted molar refractivity (Wildman–Crippen MR) is 79.1 cm³/mol. The Morgan fingerprint density at radius 1 is 1.32 bits per heavy atom. The summed E-state index contributed by atoms with van der Waals surface area (Å²) >= 11 is 2.86. The summed E-state index contributed by atoms with van der Waals surface area (Å²) in [6.07, 6.45) is 3.48. The zero-order chi connectivity index (χ0) is 13.5. The number of sulfonamides is 1. The van der Waals surface area contributed by atoms with Gasteiger partial charge in [0.25, 0.3) is 0 Å². The van der Waals surface area contributed by atoms with Gasteiger partial charge < -0.3 is 5.73 Å². The van der Waals surface area contributed by atoms with E-state index in [1.165, 1.54) is 22.9 Å². The predicted octanol–water partition coefficient (Wildman–Crippen LogP) is 2.36. The molecule has 0 saturated heterocycles. The van der Waals surface area contributed by atoms with Crippen molar-refractivity contribution in [1.82, 2.24) is 4.72 Å². The van der Waals surface area contributed by atoms with Crippen molar-refractivity contribution >= 4 is 38.4 Å². The number of anilines is 1. The summed E-state index contributed by atoms with van der Waals surface area (Å²) in [5, 5.41) is 1.63. The minimum atomic E-state index is -3.43. The maximum Gasteiger partial charge on any atom is 0.250 e. The first-order chi connectivity index (χ1) is 9.04. The van der Waals surface area contributed by atoms with Crippen molar-refractivity contribution in [3.05, 3.63) is 32.8 Å².